The van der Waals surface area contributed by atoms with Gasteiger partial charge in [-0.3, -0.25) is 0 Å². The first-order valence-electron chi connectivity index (χ1n) is 7.81. The van der Waals surface area contributed by atoms with E-state index in [4.69, 9.17) is 9.47 Å². The van der Waals surface area contributed by atoms with Crippen LogP contribution in [0.1, 0.15) is 25.5 Å². The van der Waals surface area contributed by atoms with Gasteiger partial charge in [0.1, 0.15) is 17.5 Å². The summed E-state index contributed by atoms with van der Waals surface area (Å²) in [6, 6.07) is 16.9. The Labute approximate surface area is 135 Å². The van der Waals surface area contributed by atoms with E-state index in [0.717, 1.165) is 5.56 Å². The maximum atomic E-state index is 11.6. The molecule has 0 aromatic heterocycles. The third-order valence-electron chi connectivity index (χ3n) is 4.07. The molecule has 1 aliphatic heterocycles. The molecule has 2 aromatic rings. The van der Waals surface area contributed by atoms with Crippen molar-refractivity contribution in [2.75, 3.05) is 11.6 Å². The first-order valence-corrected chi connectivity index (χ1v) is 7.81. The molecule has 23 heavy (non-hydrogen) atoms. The normalized spacial score (nSPS) is 21.2. The molecule has 120 valence electrons. The number of hydrogen-bond donors (Lipinski definition) is 0. The van der Waals surface area contributed by atoms with Crippen LogP contribution < -0.4 is 9.75 Å². The highest BCUT2D eigenvalue weighted by Gasteiger charge is 2.41. The second kappa shape index (κ2) is 6.79. The number of nitrogens with zero attached hydrogens (tertiary/aromatic N) is 2. The standard InChI is InChI=1S/C18H20N2O3/c1-3-22-13(2)18-17(14-9-5-4-6-10-14)20(19-21)15-11-7-8-12-16(15)23-18/h4-13,17-18H,3H2,1-2H3. The molecular weight excluding hydrogens is 292 g/mol. The lowest BCUT2D eigenvalue weighted by molar-refractivity contribution is -0.0259. The number of ether oxygens (including phenoxy) is 2. The van der Waals surface area contributed by atoms with Crippen molar-refractivity contribution in [1.29, 1.82) is 0 Å². The van der Waals surface area contributed by atoms with Crippen LogP contribution in [-0.4, -0.2) is 18.8 Å². The van der Waals surface area contributed by atoms with Crippen molar-refractivity contribution < 1.29 is 9.47 Å². The van der Waals surface area contributed by atoms with Crippen LogP contribution in [0.4, 0.5) is 5.69 Å². The molecular formula is C18H20N2O3. The van der Waals surface area contributed by atoms with Gasteiger partial charge in [0.25, 0.3) is 0 Å². The average Bonchev–Trinajstić information content (AvgIpc) is 2.61. The SMILES string of the molecule is CCOC(C)C1Oc2ccccc2N(N=O)C1c1ccccc1. The number of benzene rings is 2. The van der Waals surface area contributed by atoms with Crippen molar-refractivity contribution in [3.63, 3.8) is 0 Å². The lowest BCUT2D eigenvalue weighted by atomic mass is 9.95. The highest BCUT2D eigenvalue weighted by Crippen LogP contribution is 2.43. The van der Waals surface area contributed by atoms with Gasteiger partial charge in [-0.2, -0.15) is 0 Å². The van der Waals surface area contributed by atoms with Gasteiger partial charge in [0.2, 0.25) is 0 Å². The maximum absolute atomic E-state index is 11.6. The van der Waals surface area contributed by atoms with Gasteiger partial charge >= 0.3 is 0 Å². The number of para-hydroxylation sites is 2. The van der Waals surface area contributed by atoms with Gasteiger partial charge in [0, 0.05) is 6.61 Å². The van der Waals surface area contributed by atoms with Gasteiger partial charge in [-0.05, 0) is 31.5 Å². The first kappa shape index (κ1) is 15.5. The summed E-state index contributed by atoms with van der Waals surface area (Å²) in [5.74, 6) is 0.649. The minimum absolute atomic E-state index is 0.178. The van der Waals surface area contributed by atoms with E-state index in [2.05, 4.69) is 5.29 Å². The lowest BCUT2D eigenvalue weighted by Gasteiger charge is -2.41. The van der Waals surface area contributed by atoms with E-state index in [1.54, 1.807) is 0 Å². The van der Waals surface area contributed by atoms with E-state index in [1.165, 1.54) is 5.01 Å². The van der Waals surface area contributed by atoms with Crippen LogP contribution in [0, 0.1) is 4.91 Å². The van der Waals surface area contributed by atoms with Gasteiger partial charge in [-0.1, -0.05) is 42.5 Å². The molecule has 1 heterocycles. The molecule has 1 aliphatic rings. The molecule has 0 radical (unpaired) electrons. The predicted octanol–water partition coefficient (Wildman–Crippen LogP) is 4.10. The highest BCUT2D eigenvalue weighted by molar-refractivity contribution is 5.61. The minimum Gasteiger partial charge on any atom is -0.483 e. The second-order valence-electron chi connectivity index (χ2n) is 5.49. The zero-order valence-corrected chi connectivity index (χ0v) is 13.3. The van der Waals surface area contributed by atoms with Gasteiger partial charge in [-0.25, -0.2) is 5.01 Å². The monoisotopic (exact) mass is 312 g/mol. The fourth-order valence-electron chi connectivity index (χ4n) is 3.03. The largest absolute Gasteiger partial charge is 0.483 e. The van der Waals surface area contributed by atoms with Crippen molar-refractivity contribution in [2.24, 2.45) is 5.29 Å². The predicted molar refractivity (Wildman–Crippen MR) is 89.4 cm³/mol. The Bertz CT molecular complexity index is 662. The van der Waals surface area contributed by atoms with Crippen LogP contribution in [0.3, 0.4) is 0 Å². The van der Waals surface area contributed by atoms with Crippen LogP contribution in [0.25, 0.3) is 0 Å². The van der Waals surface area contributed by atoms with Gasteiger partial charge in [0.05, 0.1) is 11.4 Å². The third-order valence-corrected chi connectivity index (χ3v) is 4.07. The van der Waals surface area contributed by atoms with Crippen molar-refractivity contribution in [3.8, 4) is 5.75 Å². The van der Waals surface area contributed by atoms with Crippen LogP contribution in [0.15, 0.2) is 59.9 Å². The Morgan fingerprint density at radius 1 is 1.17 bits per heavy atom. The van der Waals surface area contributed by atoms with E-state index in [-0.39, 0.29) is 18.2 Å². The Morgan fingerprint density at radius 2 is 1.87 bits per heavy atom. The summed E-state index contributed by atoms with van der Waals surface area (Å²) in [6.45, 7) is 4.49. The molecule has 0 aliphatic carbocycles. The molecule has 0 fully saturated rings. The van der Waals surface area contributed by atoms with Crippen molar-refractivity contribution in [1.82, 2.24) is 0 Å². The molecule has 3 atom stereocenters. The topological polar surface area (TPSA) is 51.1 Å². The Hall–Kier alpha value is -2.40. The van der Waals surface area contributed by atoms with Gasteiger partial charge in [0.15, 0.2) is 6.10 Å². The van der Waals surface area contributed by atoms with Crippen molar-refractivity contribution >= 4 is 5.69 Å². The molecule has 3 rings (SSSR count). The van der Waals surface area contributed by atoms with E-state index >= 15 is 0 Å². The summed E-state index contributed by atoms with van der Waals surface area (Å²) in [5, 5.41) is 4.78. The Balaban J connectivity index is 2.08. The summed E-state index contributed by atoms with van der Waals surface area (Å²) < 4.78 is 11.9. The van der Waals surface area contributed by atoms with E-state index < -0.39 is 0 Å². The summed E-state index contributed by atoms with van der Waals surface area (Å²) >= 11 is 0. The molecule has 5 heteroatoms. The van der Waals surface area contributed by atoms with Crippen molar-refractivity contribution in [3.05, 3.63) is 65.1 Å². The van der Waals surface area contributed by atoms with Crippen molar-refractivity contribution in [2.45, 2.75) is 32.1 Å². The summed E-state index contributed by atoms with van der Waals surface area (Å²) in [6.07, 6.45) is -0.507. The number of hydrogen-bond acceptors (Lipinski definition) is 4. The molecule has 2 aromatic carbocycles. The third kappa shape index (κ3) is 2.92. The van der Waals surface area contributed by atoms with E-state index in [9.17, 15) is 4.91 Å². The molecule has 3 unspecified atom stereocenters. The maximum Gasteiger partial charge on any atom is 0.151 e. The molecule has 0 spiro atoms. The van der Waals surface area contributed by atoms with Gasteiger partial charge < -0.3 is 9.47 Å². The number of anilines is 1. The molecule has 0 saturated carbocycles. The van der Waals surface area contributed by atoms with Crippen LogP contribution in [0.2, 0.25) is 0 Å². The quantitative estimate of drug-likeness (QED) is 0.780. The highest BCUT2D eigenvalue weighted by atomic mass is 16.5. The molecule has 0 bridgehead atoms. The molecule has 0 saturated heterocycles. The van der Waals surface area contributed by atoms with E-state index in [1.807, 2.05) is 68.4 Å². The fraction of sp³-hybridized carbons (Fsp3) is 0.333. The van der Waals surface area contributed by atoms with Crippen LogP contribution in [0.5, 0.6) is 5.75 Å². The number of fused-ring (bicyclic) bond motifs is 1. The second-order valence-corrected chi connectivity index (χ2v) is 5.49. The summed E-state index contributed by atoms with van der Waals surface area (Å²) in [5.41, 5.74) is 1.65. The number of nitroso groups, excluding NO2 is 1. The van der Waals surface area contributed by atoms with Crippen LogP contribution in [-0.2, 0) is 4.74 Å². The fourth-order valence-corrected chi connectivity index (χ4v) is 3.03. The molecule has 0 N–H and O–H groups in total. The summed E-state index contributed by atoms with van der Waals surface area (Å²) in [4.78, 5) is 11.6. The molecule has 0 amide bonds. The van der Waals surface area contributed by atoms with Gasteiger partial charge in [-0.15, -0.1) is 4.91 Å². The molecule has 5 nitrogen and oxygen atoms in total. The average molecular weight is 312 g/mol. The summed E-state index contributed by atoms with van der Waals surface area (Å²) in [7, 11) is 0. The smallest absolute Gasteiger partial charge is 0.151 e. The van der Waals surface area contributed by atoms with E-state index in [0.29, 0.717) is 18.0 Å². The minimum atomic E-state index is -0.329. The zero-order valence-electron chi connectivity index (χ0n) is 13.3. The Kier molecular flexibility index (Phi) is 4.57. The zero-order chi connectivity index (χ0) is 16.2. The Morgan fingerprint density at radius 3 is 2.57 bits per heavy atom. The lowest BCUT2D eigenvalue weighted by Crippen LogP contribution is -2.47. The van der Waals surface area contributed by atoms with Crippen LogP contribution >= 0.6 is 0 Å². The first-order chi connectivity index (χ1) is 11.3. The number of rotatable bonds is 5.